The first-order valence-corrected chi connectivity index (χ1v) is 10.8. The Kier molecular flexibility index (Phi) is 6.73. The number of amides is 1. The molecule has 0 heterocycles. The van der Waals surface area contributed by atoms with Gasteiger partial charge in [-0.05, 0) is 39.1 Å². The topological polar surface area (TPSA) is 182 Å². The molecule has 0 bridgehead atoms. The van der Waals surface area contributed by atoms with Gasteiger partial charge in [-0.1, -0.05) is 12.1 Å². The smallest absolute Gasteiger partial charge is 0.510 e. The third-order valence-electron chi connectivity index (χ3n) is 7.02. The number of aromatic hydroxyl groups is 1. The zero-order valence-corrected chi connectivity index (χ0v) is 19.7. The number of nitrogens with zero attached hydrogens (tertiary/aromatic N) is 1. The van der Waals surface area contributed by atoms with Crippen molar-refractivity contribution in [1.29, 1.82) is 0 Å². The summed E-state index contributed by atoms with van der Waals surface area (Å²) in [6, 6.07) is 3.05. The van der Waals surface area contributed by atoms with Gasteiger partial charge in [0, 0.05) is 17.4 Å². The molecule has 3 aliphatic rings. The van der Waals surface area contributed by atoms with Crippen LogP contribution in [0.1, 0.15) is 29.3 Å². The van der Waals surface area contributed by atoms with Crippen molar-refractivity contribution in [2.45, 2.75) is 30.6 Å². The highest BCUT2D eigenvalue weighted by molar-refractivity contribution is 6.50. The monoisotopic (exact) mass is 531 g/mol. The SMILES string of the molecule is CN(C)[C@@H]1C(O)=C(C(N)=O)C(=O)[C@@]2(O)C(O)=C3C(=O)c4c(O)cccc4[C@@](C)(O)[C@H]3C[C@@H]12.F[B-](F)(F)F. The number of hydrogen-bond acceptors (Lipinski definition) is 9. The molecule has 1 amide bonds. The van der Waals surface area contributed by atoms with E-state index in [0.29, 0.717) is 0 Å². The molecule has 0 fully saturated rings. The van der Waals surface area contributed by atoms with Gasteiger partial charge in [-0.25, -0.2) is 0 Å². The molecule has 0 aromatic heterocycles. The summed E-state index contributed by atoms with van der Waals surface area (Å²) in [5.74, 6) is -7.89. The van der Waals surface area contributed by atoms with Crippen LogP contribution >= 0.6 is 0 Å². The first-order valence-electron chi connectivity index (χ1n) is 10.8. The Morgan fingerprint density at radius 3 is 2.14 bits per heavy atom. The molecule has 0 saturated heterocycles. The lowest BCUT2D eigenvalue weighted by Crippen LogP contribution is -2.65. The van der Waals surface area contributed by atoms with Crippen LogP contribution in [0.5, 0.6) is 5.75 Å². The number of primary amides is 1. The van der Waals surface area contributed by atoms with Crippen LogP contribution < -0.4 is 5.73 Å². The van der Waals surface area contributed by atoms with Crippen LogP contribution in [0, 0.1) is 11.8 Å². The van der Waals surface area contributed by atoms with Crippen molar-refractivity contribution in [2.24, 2.45) is 17.6 Å². The first kappa shape index (κ1) is 28.2. The van der Waals surface area contributed by atoms with Gasteiger partial charge in [0.25, 0.3) is 5.91 Å². The van der Waals surface area contributed by atoms with Crippen LogP contribution in [0.2, 0.25) is 0 Å². The maximum atomic E-state index is 13.3. The maximum absolute atomic E-state index is 13.3. The fraction of sp³-hybridized carbons (Fsp3) is 0.409. The predicted molar refractivity (Wildman–Crippen MR) is 120 cm³/mol. The Morgan fingerprint density at radius 1 is 1.11 bits per heavy atom. The van der Waals surface area contributed by atoms with Crippen molar-refractivity contribution in [2.75, 3.05) is 14.1 Å². The quantitative estimate of drug-likeness (QED) is 0.185. The number of benzene rings is 1. The van der Waals surface area contributed by atoms with E-state index in [2.05, 4.69) is 0 Å². The highest BCUT2D eigenvalue weighted by atomic mass is 19.5. The van der Waals surface area contributed by atoms with Crippen LogP contribution in [0.25, 0.3) is 0 Å². The molecule has 4 rings (SSSR count). The number of carbonyl (C=O) groups is 3. The van der Waals surface area contributed by atoms with Gasteiger partial charge < -0.3 is 48.5 Å². The Balaban J connectivity index is 0.000000695. The summed E-state index contributed by atoms with van der Waals surface area (Å²) in [6.45, 7) is 1.40. The van der Waals surface area contributed by atoms with E-state index < -0.39 is 82.2 Å². The van der Waals surface area contributed by atoms with Crippen molar-refractivity contribution in [3.8, 4) is 5.75 Å². The molecular weight excluding hydrogens is 507 g/mol. The van der Waals surface area contributed by atoms with Crippen LogP contribution in [0.3, 0.4) is 0 Å². The maximum Gasteiger partial charge on any atom is 0.673 e. The molecule has 0 saturated carbocycles. The molecule has 7 N–H and O–H groups in total. The van der Waals surface area contributed by atoms with Gasteiger partial charge >= 0.3 is 7.25 Å². The summed E-state index contributed by atoms with van der Waals surface area (Å²) in [4.78, 5) is 39.9. The lowest BCUT2D eigenvalue weighted by atomic mass is 9.55. The Bertz CT molecular complexity index is 1250. The fourth-order valence-corrected chi connectivity index (χ4v) is 5.51. The van der Waals surface area contributed by atoms with E-state index in [1.54, 1.807) is 0 Å². The molecule has 1 aromatic rings. The van der Waals surface area contributed by atoms with E-state index in [1.165, 1.54) is 44.1 Å². The average molecular weight is 531 g/mol. The number of nitrogens with two attached hydrogens (primary N) is 1. The summed E-state index contributed by atoms with van der Waals surface area (Å²) in [5.41, 5.74) is -0.654. The number of likely N-dealkylation sites (N-methyl/N-ethyl adjacent to an activating group) is 1. The van der Waals surface area contributed by atoms with Gasteiger partial charge in [-0.2, -0.15) is 0 Å². The molecule has 0 unspecified atom stereocenters. The average Bonchev–Trinajstić information content (AvgIpc) is 2.73. The highest BCUT2D eigenvalue weighted by Crippen LogP contribution is 2.56. The van der Waals surface area contributed by atoms with Crippen LogP contribution in [-0.4, -0.2) is 80.9 Å². The van der Waals surface area contributed by atoms with E-state index >= 15 is 0 Å². The lowest BCUT2D eigenvalue weighted by Gasteiger charge is -2.52. The molecular formula is C22H24BF4N2O8-. The molecule has 0 spiro atoms. The third-order valence-corrected chi connectivity index (χ3v) is 7.02. The zero-order valence-electron chi connectivity index (χ0n) is 19.7. The molecule has 1 aromatic carbocycles. The van der Waals surface area contributed by atoms with E-state index in [-0.39, 0.29) is 17.5 Å². The number of carbonyl (C=O) groups excluding carboxylic acids is 3. The minimum atomic E-state index is -6.00. The standard InChI is InChI=1S/C22H24N2O8.BF4/c1-21(31)8-5-4-6-11(25)12(8)16(26)13-9(21)7-10-15(24(2)3)17(27)14(20(23)30)19(29)22(10,32)18(13)28;2-1(3,4)5/h4-6,9-10,15,25,27-28,31-32H,7H2,1-3H3,(H2,23,30);/q;-1/t9-,10-,15-,21+,22-;/m0./s1. The van der Waals surface area contributed by atoms with Crippen molar-refractivity contribution in [3.05, 3.63) is 52.0 Å². The molecule has 10 nitrogen and oxygen atoms in total. The number of phenols is 1. The number of ketones is 2. The largest absolute Gasteiger partial charge is 0.673 e. The molecule has 202 valence electrons. The van der Waals surface area contributed by atoms with Crippen molar-refractivity contribution < 1.29 is 57.2 Å². The van der Waals surface area contributed by atoms with Crippen molar-refractivity contribution >= 4 is 24.7 Å². The first-order chi connectivity index (χ1) is 16.8. The Hall–Kier alpha value is -3.43. The molecule has 3 aliphatic carbocycles. The molecule has 5 atom stereocenters. The number of aliphatic hydroxyl groups is 4. The minimum Gasteiger partial charge on any atom is -0.510 e. The number of rotatable bonds is 2. The Labute approximate surface area is 207 Å². The minimum absolute atomic E-state index is 0.135. The highest BCUT2D eigenvalue weighted by Gasteiger charge is 2.65. The van der Waals surface area contributed by atoms with Gasteiger partial charge in [-0.3, -0.25) is 19.3 Å². The summed E-state index contributed by atoms with van der Waals surface area (Å²) >= 11 is 0. The predicted octanol–water partition coefficient (Wildman–Crippen LogP) is 1.09. The van der Waals surface area contributed by atoms with Gasteiger partial charge in [0.2, 0.25) is 5.78 Å². The second kappa shape index (κ2) is 8.85. The second-order valence-corrected chi connectivity index (χ2v) is 9.46. The zero-order chi connectivity index (χ0) is 28.4. The van der Waals surface area contributed by atoms with Gasteiger partial charge in [-0.15, -0.1) is 0 Å². The van der Waals surface area contributed by atoms with E-state index in [4.69, 9.17) is 5.73 Å². The lowest BCUT2D eigenvalue weighted by molar-refractivity contribution is -0.151. The molecule has 0 radical (unpaired) electrons. The normalized spacial score (nSPS) is 31.4. The van der Waals surface area contributed by atoms with Crippen molar-refractivity contribution in [1.82, 2.24) is 4.90 Å². The number of fused-ring (bicyclic) bond motifs is 3. The summed E-state index contributed by atoms with van der Waals surface area (Å²) < 4.78 is 39.0. The second-order valence-electron chi connectivity index (χ2n) is 9.46. The molecule has 0 aliphatic heterocycles. The fourth-order valence-electron chi connectivity index (χ4n) is 5.51. The third kappa shape index (κ3) is 4.26. The van der Waals surface area contributed by atoms with E-state index in [9.17, 15) is 57.2 Å². The van der Waals surface area contributed by atoms with Crippen LogP contribution in [-0.2, 0) is 15.2 Å². The number of hydrogen-bond donors (Lipinski definition) is 6. The molecule has 15 heteroatoms. The van der Waals surface area contributed by atoms with Crippen molar-refractivity contribution in [3.63, 3.8) is 0 Å². The van der Waals surface area contributed by atoms with E-state index in [1.807, 2.05) is 0 Å². The number of Topliss-reactive ketones (excluding diaryl/α,β-unsaturated/α-hetero) is 2. The number of aliphatic hydroxyl groups excluding tert-OH is 2. The number of halogens is 4. The van der Waals surface area contributed by atoms with Gasteiger partial charge in [0.1, 0.15) is 22.8 Å². The molecule has 37 heavy (non-hydrogen) atoms. The summed E-state index contributed by atoms with van der Waals surface area (Å²) in [6.07, 6.45) is -0.200. The summed E-state index contributed by atoms with van der Waals surface area (Å²) in [5, 5.41) is 55.0. The van der Waals surface area contributed by atoms with Crippen LogP contribution in [0.15, 0.2) is 40.9 Å². The van der Waals surface area contributed by atoms with Gasteiger partial charge in [0.15, 0.2) is 11.4 Å². The van der Waals surface area contributed by atoms with Crippen LogP contribution in [0.4, 0.5) is 17.3 Å². The summed E-state index contributed by atoms with van der Waals surface area (Å²) in [7, 11) is -2.94. The van der Waals surface area contributed by atoms with E-state index in [0.717, 1.165) is 0 Å². The van der Waals surface area contributed by atoms with Gasteiger partial charge in [0.05, 0.1) is 17.2 Å². The Morgan fingerprint density at radius 2 is 1.65 bits per heavy atom. The number of phenolic OH excluding ortho intramolecular Hbond substituents is 1.